The van der Waals surface area contributed by atoms with Crippen molar-refractivity contribution in [2.45, 2.75) is 19.5 Å². The number of hydrogen-bond acceptors (Lipinski definition) is 9. The summed E-state index contributed by atoms with van der Waals surface area (Å²) < 4.78 is 5.60. The van der Waals surface area contributed by atoms with Crippen LogP contribution in [0.25, 0.3) is 32.5 Å². The van der Waals surface area contributed by atoms with Gasteiger partial charge in [-0.2, -0.15) is 5.10 Å². The number of aromatic nitrogens is 4. The number of rotatable bonds is 5. The molecule has 188 valence electrons. The molecule has 0 bridgehead atoms. The summed E-state index contributed by atoms with van der Waals surface area (Å²) in [4.78, 5) is 31.1. The highest BCUT2D eigenvalue weighted by Gasteiger charge is 2.25. The van der Waals surface area contributed by atoms with Crippen LogP contribution in [-0.4, -0.2) is 94.4 Å². The lowest BCUT2D eigenvalue weighted by atomic mass is 10.1. The van der Waals surface area contributed by atoms with Crippen LogP contribution in [0.2, 0.25) is 0 Å². The number of aromatic amines is 1. The number of carbonyl (C=O) groups excluding carboxylic acids is 1. The third kappa shape index (κ3) is 4.43. The van der Waals surface area contributed by atoms with Gasteiger partial charge in [-0.1, -0.05) is 12.1 Å². The normalized spacial score (nSPS) is 18.3. The first-order valence-corrected chi connectivity index (χ1v) is 13.2. The van der Waals surface area contributed by atoms with Crippen molar-refractivity contribution in [2.24, 2.45) is 5.73 Å². The summed E-state index contributed by atoms with van der Waals surface area (Å²) in [6.45, 7) is 8.68. The molecule has 2 aliphatic rings. The Bertz CT molecular complexity index is 1390. The van der Waals surface area contributed by atoms with E-state index < -0.39 is 6.04 Å². The van der Waals surface area contributed by atoms with Gasteiger partial charge in [0.05, 0.1) is 36.4 Å². The molecule has 0 spiro atoms. The lowest BCUT2D eigenvalue weighted by Crippen LogP contribution is -2.52. The second-order valence-corrected chi connectivity index (χ2v) is 10.5. The SMILES string of the molecule is C[C@H](N)C(=O)N1CCN(Cc2cc3c(N4CCOCC4)nc(-c4cccc5[nH]ncc45)nc3s2)CC1. The Morgan fingerprint density at radius 3 is 2.72 bits per heavy atom. The van der Waals surface area contributed by atoms with Gasteiger partial charge in [0.1, 0.15) is 10.6 Å². The first kappa shape index (κ1) is 23.3. The van der Waals surface area contributed by atoms with Crippen LogP contribution >= 0.6 is 11.3 Å². The maximum atomic E-state index is 12.2. The number of nitrogens with two attached hydrogens (primary N) is 1. The van der Waals surface area contributed by atoms with Gasteiger partial charge in [-0.25, -0.2) is 9.97 Å². The smallest absolute Gasteiger partial charge is 0.239 e. The first-order chi connectivity index (χ1) is 17.6. The Morgan fingerprint density at radius 2 is 1.94 bits per heavy atom. The monoisotopic (exact) mass is 506 g/mol. The number of amides is 1. The van der Waals surface area contributed by atoms with E-state index in [0.29, 0.717) is 32.1 Å². The molecule has 5 heterocycles. The van der Waals surface area contributed by atoms with Crippen LogP contribution in [0.5, 0.6) is 0 Å². The van der Waals surface area contributed by atoms with Crippen molar-refractivity contribution in [2.75, 3.05) is 57.4 Å². The van der Waals surface area contributed by atoms with Crippen molar-refractivity contribution in [1.29, 1.82) is 0 Å². The molecule has 0 aliphatic carbocycles. The molecule has 11 heteroatoms. The van der Waals surface area contributed by atoms with Gasteiger partial charge in [-0.3, -0.25) is 14.8 Å². The Labute approximate surface area is 213 Å². The number of hydrogen-bond donors (Lipinski definition) is 2. The minimum absolute atomic E-state index is 0.0297. The van der Waals surface area contributed by atoms with Crippen LogP contribution in [0.4, 0.5) is 5.82 Å². The van der Waals surface area contributed by atoms with E-state index in [1.54, 1.807) is 18.3 Å². The predicted octanol–water partition coefficient (Wildman–Crippen LogP) is 2.06. The zero-order valence-corrected chi connectivity index (χ0v) is 21.1. The third-order valence-corrected chi connectivity index (χ3v) is 7.93. The van der Waals surface area contributed by atoms with E-state index in [0.717, 1.165) is 65.2 Å². The zero-order chi connectivity index (χ0) is 24.6. The number of piperazine rings is 1. The molecule has 0 radical (unpaired) electrons. The van der Waals surface area contributed by atoms with Gasteiger partial charge in [0.25, 0.3) is 0 Å². The fraction of sp³-hybridized carbons (Fsp3) is 0.440. The standard InChI is InChI=1S/C25H30N8O2S/c1-16(26)25(34)33-7-5-31(6-8-33)15-17-13-19-23(32-9-11-35-12-10-32)28-22(29-24(19)36-17)18-3-2-4-21-20(18)14-27-30-21/h2-4,13-14,16H,5-12,15,26H2,1H3,(H,27,30)/t16-/m0/s1. The second kappa shape index (κ2) is 9.74. The number of morpholine rings is 1. The lowest BCUT2D eigenvalue weighted by molar-refractivity contribution is -0.134. The van der Waals surface area contributed by atoms with E-state index in [2.05, 4.69) is 32.1 Å². The number of anilines is 1. The van der Waals surface area contributed by atoms with Crippen molar-refractivity contribution < 1.29 is 9.53 Å². The van der Waals surface area contributed by atoms with Gasteiger partial charge >= 0.3 is 0 Å². The molecule has 10 nitrogen and oxygen atoms in total. The van der Waals surface area contributed by atoms with Crippen LogP contribution in [0.15, 0.2) is 30.5 Å². The highest BCUT2D eigenvalue weighted by atomic mass is 32.1. The molecule has 3 aromatic heterocycles. The summed E-state index contributed by atoms with van der Waals surface area (Å²) in [6.07, 6.45) is 1.84. The summed E-state index contributed by atoms with van der Waals surface area (Å²) in [6, 6.07) is 7.87. The Hall–Kier alpha value is -3.12. The summed E-state index contributed by atoms with van der Waals surface area (Å²) in [5.74, 6) is 1.71. The van der Waals surface area contributed by atoms with E-state index in [1.165, 1.54) is 4.88 Å². The molecular weight excluding hydrogens is 476 g/mol. The van der Waals surface area contributed by atoms with Crippen LogP contribution in [0.3, 0.4) is 0 Å². The van der Waals surface area contributed by atoms with Gasteiger partial charge in [-0.05, 0) is 19.1 Å². The minimum atomic E-state index is -0.446. The van der Waals surface area contributed by atoms with Crippen molar-refractivity contribution in [3.63, 3.8) is 0 Å². The molecule has 3 N–H and O–H groups in total. The summed E-state index contributed by atoms with van der Waals surface area (Å²) in [5, 5.41) is 9.36. The second-order valence-electron chi connectivity index (χ2n) is 9.43. The van der Waals surface area contributed by atoms with Gasteiger partial charge in [0, 0.05) is 61.6 Å². The largest absolute Gasteiger partial charge is 0.378 e. The van der Waals surface area contributed by atoms with Crippen molar-refractivity contribution in [3.8, 4) is 11.4 Å². The third-order valence-electron chi connectivity index (χ3n) is 6.91. The van der Waals surface area contributed by atoms with Gasteiger partial charge in [0.2, 0.25) is 5.91 Å². The number of carbonyl (C=O) groups is 1. The maximum Gasteiger partial charge on any atom is 0.239 e. The predicted molar refractivity (Wildman–Crippen MR) is 141 cm³/mol. The fourth-order valence-electron chi connectivity index (χ4n) is 4.97. The Kier molecular flexibility index (Phi) is 6.30. The number of ether oxygens (including phenoxy) is 1. The summed E-state index contributed by atoms with van der Waals surface area (Å²) in [7, 11) is 0. The molecule has 0 saturated carbocycles. The Morgan fingerprint density at radius 1 is 1.14 bits per heavy atom. The Balaban J connectivity index is 1.32. The quantitative estimate of drug-likeness (QED) is 0.423. The van der Waals surface area contributed by atoms with Gasteiger partial charge < -0.3 is 20.3 Å². The molecule has 2 saturated heterocycles. The summed E-state index contributed by atoms with van der Waals surface area (Å²) >= 11 is 1.72. The first-order valence-electron chi connectivity index (χ1n) is 12.4. The molecule has 2 aliphatic heterocycles. The van der Waals surface area contributed by atoms with Crippen molar-refractivity contribution in [1.82, 2.24) is 30.0 Å². The van der Waals surface area contributed by atoms with Gasteiger partial charge in [-0.15, -0.1) is 11.3 Å². The molecule has 36 heavy (non-hydrogen) atoms. The highest BCUT2D eigenvalue weighted by Crippen LogP contribution is 2.35. The molecule has 6 rings (SSSR count). The van der Waals surface area contributed by atoms with Crippen molar-refractivity contribution in [3.05, 3.63) is 35.3 Å². The molecule has 4 aromatic rings. The maximum absolute atomic E-state index is 12.2. The molecule has 0 unspecified atom stereocenters. The molecule has 1 aromatic carbocycles. The number of benzene rings is 1. The van der Waals surface area contributed by atoms with E-state index in [-0.39, 0.29) is 5.91 Å². The number of nitrogens with zero attached hydrogens (tertiary/aromatic N) is 6. The molecule has 1 amide bonds. The highest BCUT2D eigenvalue weighted by molar-refractivity contribution is 7.18. The molecular formula is C25H30N8O2S. The zero-order valence-electron chi connectivity index (χ0n) is 20.3. The van der Waals surface area contributed by atoms with Crippen LogP contribution in [-0.2, 0) is 16.1 Å². The number of nitrogens with one attached hydrogen (secondary N) is 1. The average molecular weight is 507 g/mol. The number of fused-ring (bicyclic) bond motifs is 2. The molecule has 1 atom stereocenters. The van der Waals surface area contributed by atoms with Crippen LogP contribution in [0, 0.1) is 0 Å². The van der Waals surface area contributed by atoms with E-state index in [4.69, 9.17) is 20.4 Å². The van der Waals surface area contributed by atoms with Crippen molar-refractivity contribution >= 4 is 44.2 Å². The average Bonchev–Trinajstić information content (AvgIpc) is 3.55. The van der Waals surface area contributed by atoms with Crippen LogP contribution in [0.1, 0.15) is 11.8 Å². The summed E-state index contributed by atoms with van der Waals surface area (Å²) in [5.41, 5.74) is 7.73. The van der Waals surface area contributed by atoms with Crippen LogP contribution < -0.4 is 10.6 Å². The number of thiophene rings is 1. The van der Waals surface area contributed by atoms with E-state index in [9.17, 15) is 4.79 Å². The van der Waals surface area contributed by atoms with E-state index >= 15 is 0 Å². The van der Waals surface area contributed by atoms with Gasteiger partial charge in [0.15, 0.2) is 5.82 Å². The lowest BCUT2D eigenvalue weighted by Gasteiger charge is -2.35. The number of H-pyrrole nitrogens is 1. The fourth-order valence-corrected chi connectivity index (χ4v) is 6.03. The topological polar surface area (TPSA) is 116 Å². The molecule has 2 fully saturated rings. The van der Waals surface area contributed by atoms with E-state index in [1.807, 2.05) is 23.2 Å². The minimum Gasteiger partial charge on any atom is -0.378 e.